The maximum Gasteiger partial charge on any atom is 0.325 e. The van der Waals surface area contributed by atoms with E-state index in [2.05, 4.69) is 10.6 Å². The Morgan fingerprint density at radius 2 is 2.05 bits per heavy atom. The lowest BCUT2D eigenvalue weighted by Crippen LogP contribution is -2.41. The van der Waals surface area contributed by atoms with Crippen molar-refractivity contribution < 1.29 is 14.4 Å². The fourth-order valence-corrected chi connectivity index (χ4v) is 2.21. The number of imide groups is 1. The number of nitrogens with zero attached hydrogens (tertiary/aromatic N) is 1. The average Bonchev–Trinajstić information content (AvgIpc) is 2.57. The fourth-order valence-electron chi connectivity index (χ4n) is 2.04. The second-order valence-corrected chi connectivity index (χ2v) is 5.81. The van der Waals surface area contributed by atoms with E-state index in [1.165, 1.54) is 0 Å². The minimum atomic E-state index is -0.983. The van der Waals surface area contributed by atoms with Crippen LogP contribution in [0.2, 0.25) is 5.02 Å². The topological polar surface area (TPSA) is 78.5 Å². The van der Waals surface area contributed by atoms with Gasteiger partial charge >= 0.3 is 6.03 Å². The smallest absolute Gasteiger partial charge is 0.324 e. The predicted octanol–water partition coefficient (Wildman–Crippen LogP) is 1.92. The summed E-state index contributed by atoms with van der Waals surface area (Å²) in [6, 6.07) is 4.56. The van der Waals surface area contributed by atoms with E-state index in [9.17, 15) is 14.4 Å². The van der Waals surface area contributed by atoms with Crippen molar-refractivity contribution in [2.75, 3.05) is 11.9 Å². The van der Waals surface area contributed by atoms with Crippen LogP contribution in [-0.4, -0.2) is 34.8 Å². The Morgan fingerprint density at radius 1 is 1.38 bits per heavy atom. The van der Waals surface area contributed by atoms with Gasteiger partial charge in [0.25, 0.3) is 5.91 Å². The van der Waals surface area contributed by atoms with Crippen LogP contribution < -0.4 is 10.6 Å². The Balaban J connectivity index is 2.08. The maximum absolute atomic E-state index is 12.0. The van der Waals surface area contributed by atoms with Crippen molar-refractivity contribution in [1.82, 2.24) is 10.2 Å². The number of urea groups is 1. The third kappa shape index (κ3) is 3.00. The van der Waals surface area contributed by atoms with Crippen molar-refractivity contribution in [3.05, 3.63) is 28.8 Å². The summed E-state index contributed by atoms with van der Waals surface area (Å²) in [6.07, 6.45) is 0. The first kappa shape index (κ1) is 15.3. The molecule has 0 aliphatic carbocycles. The predicted molar refractivity (Wildman–Crippen MR) is 79.1 cm³/mol. The third-order valence-electron chi connectivity index (χ3n) is 3.29. The Hall–Kier alpha value is -2.08. The van der Waals surface area contributed by atoms with E-state index >= 15 is 0 Å². The minimum Gasteiger partial charge on any atom is -0.324 e. The highest BCUT2D eigenvalue weighted by atomic mass is 35.5. The van der Waals surface area contributed by atoms with Gasteiger partial charge in [-0.1, -0.05) is 17.7 Å². The summed E-state index contributed by atoms with van der Waals surface area (Å²) < 4.78 is 0. The first-order valence-corrected chi connectivity index (χ1v) is 6.79. The Bertz CT molecular complexity index is 628. The number of carbonyl (C=O) groups is 3. The summed E-state index contributed by atoms with van der Waals surface area (Å²) in [5.74, 6) is -0.882. The fraction of sp³-hybridized carbons (Fsp3) is 0.357. The van der Waals surface area contributed by atoms with Crippen molar-refractivity contribution in [1.29, 1.82) is 0 Å². The Labute approximate surface area is 127 Å². The van der Waals surface area contributed by atoms with Gasteiger partial charge in [-0.05, 0) is 38.5 Å². The number of amides is 4. The molecule has 21 heavy (non-hydrogen) atoms. The number of benzene rings is 1. The molecule has 1 heterocycles. The Morgan fingerprint density at radius 3 is 2.62 bits per heavy atom. The second kappa shape index (κ2) is 5.37. The van der Waals surface area contributed by atoms with Crippen molar-refractivity contribution >= 4 is 35.1 Å². The molecule has 1 aromatic carbocycles. The summed E-state index contributed by atoms with van der Waals surface area (Å²) in [5, 5.41) is 5.70. The lowest BCUT2D eigenvalue weighted by Gasteiger charge is -2.16. The quantitative estimate of drug-likeness (QED) is 0.837. The molecule has 0 radical (unpaired) electrons. The van der Waals surface area contributed by atoms with Gasteiger partial charge in [0.1, 0.15) is 12.1 Å². The second-order valence-electron chi connectivity index (χ2n) is 5.41. The lowest BCUT2D eigenvalue weighted by molar-refractivity contribution is -0.132. The van der Waals surface area contributed by atoms with Crippen LogP contribution in [0.4, 0.5) is 10.5 Å². The molecule has 7 heteroatoms. The SMILES string of the molecule is Cc1c(Cl)cccc1NC(=O)CN1C(=O)NC(C)(C)C1=O. The molecule has 0 atom stereocenters. The zero-order valence-electron chi connectivity index (χ0n) is 12.0. The maximum atomic E-state index is 12.0. The van der Waals surface area contributed by atoms with Gasteiger partial charge in [-0.2, -0.15) is 0 Å². The van der Waals surface area contributed by atoms with Crippen LogP contribution >= 0.6 is 11.6 Å². The molecule has 6 nitrogen and oxygen atoms in total. The molecular weight excluding hydrogens is 294 g/mol. The van der Waals surface area contributed by atoms with Crippen LogP contribution in [0.1, 0.15) is 19.4 Å². The molecule has 1 aromatic rings. The first-order chi connectivity index (χ1) is 9.72. The van der Waals surface area contributed by atoms with Crippen LogP contribution in [0.15, 0.2) is 18.2 Å². The molecule has 0 unspecified atom stereocenters. The number of hydrogen-bond donors (Lipinski definition) is 2. The number of halogens is 1. The highest BCUT2D eigenvalue weighted by Gasteiger charge is 2.44. The van der Waals surface area contributed by atoms with Crippen molar-refractivity contribution in [3.8, 4) is 0 Å². The van der Waals surface area contributed by atoms with E-state index in [1.807, 2.05) is 0 Å². The van der Waals surface area contributed by atoms with Gasteiger partial charge in [0.2, 0.25) is 5.91 Å². The van der Waals surface area contributed by atoms with Gasteiger partial charge in [-0.25, -0.2) is 4.79 Å². The van der Waals surface area contributed by atoms with Crippen LogP contribution in [0, 0.1) is 6.92 Å². The minimum absolute atomic E-state index is 0.333. The summed E-state index contributed by atoms with van der Waals surface area (Å²) in [4.78, 5) is 36.6. The summed E-state index contributed by atoms with van der Waals surface area (Å²) >= 11 is 5.97. The molecule has 2 N–H and O–H groups in total. The van der Waals surface area contributed by atoms with Gasteiger partial charge in [0, 0.05) is 10.7 Å². The van der Waals surface area contributed by atoms with Crippen LogP contribution in [0.25, 0.3) is 0 Å². The summed E-state index contributed by atoms with van der Waals surface area (Å²) in [5.41, 5.74) is 0.299. The number of rotatable bonds is 3. The van der Waals surface area contributed by atoms with Gasteiger partial charge in [0.05, 0.1) is 0 Å². The molecule has 1 aliphatic rings. The molecule has 1 aliphatic heterocycles. The monoisotopic (exact) mass is 309 g/mol. The molecule has 112 valence electrons. The largest absolute Gasteiger partial charge is 0.325 e. The molecule has 1 fully saturated rings. The van der Waals surface area contributed by atoms with E-state index in [4.69, 9.17) is 11.6 Å². The zero-order valence-corrected chi connectivity index (χ0v) is 12.7. The van der Waals surface area contributed by atoms with E-state index < -0.39 is 23.4 Å². The van der Waals surface area contributed by atoms with Gasteiger partial charge in [0.15, 0.2) is 0 Å². The van der Waals surface area contributed by atoms with E-state index in [0.717, 1.165) is 10.5 Å². The van der Waals surface area contributed by atoms with Crippen LogP contribution in [-0.2, 0) is 9.59 Å². The standard InChI is InChI=1S/C14H16ClN3O3/c1-8-9(15)5-4-6-10(8)16-11(19)7-18-12(20)14(2,3)17-13(18)21/h4-6H,7H2,1-3H3,(H,16,19)(H,17,21). The average molecular weight is 310 g/mol. The highest BCUT2D eigenvalue weighted by molar-refractivity contribution is 6.31. The third-order valence-corrected chi connectivity index (χ3v) is 3.70. The number of hydrogen-bond acceptors (Lipinski definition) is 3. The van der Waals surface area contributed by atoms with Crippen molar-refractivity contribution in [2.24, 2.45) is 0 Å². The van der Waals surface area contributed by atoms with Crippen molar-refractivity contribution in [2.45, 2.75) is 26.3 Å². The number of anilines is 1. The molecule has 0 bridgehead atoms. The van der Waals surface area contributed by atoms with Gasteiger partial charge < -0.3 is 10.6 Å². The van der Waals surface area contributed by atoms with Gasteiger partial charge in [-0.15, -0.1) is 0 Å². The molecule has 0 aromatic heterocycles. The molecular formula is C14H16ClN3O3. The van der Waals surface area contributed by atoms with Crippen molar-refractivity contribution in [3.63, 3.8) is 0 Å². The van der Waals surface area contributed by atoms with E-state index in [-0.39, 0.29) is 6.54 Å². The summed E-state index contributed by atoms with van der Waals surface area (Å²) in [7, 11) is 0. The summed E-state index contributed by atoms with van der Waals surface area (Å²) in [6.45, 7) is 4.62. The lowest BCUT2D eigenvalue weighted by atomic mass is 10.1. The number of carbonyl (C=O) groups excluding carboxylic acids is 3. The molecule has 2 rings (SSSR count). The molecule has 0 spiro atoms. The van der Waals surface area contributed by atoms with Gasteiger partial charge in [-0.3, -0.25) is 14.5 Å². The van der Waals surface area contributed by atoms with E-state index in [0.29, 0.717) is 10.7 Å². The van der Waals surface area contributed by atoms with E-state index in [1.54, 1.807) is 39.0 Å². The normalized spacial score (nSPS) is 16.9. The number of nitrogens with one attached hydrogen (secondary N) is 2. The zero-order chi connectivity index (χ0) is 15.8. The molecule has 0 saturated carbocycles. The van der Waals surface area contributed by atoms with Crippen LogP contribution in [0.3, 0.4) is 0 Å². The highest BCUT2D eigenvalue weighted by Crippen LogP contribution is 2.23. The Kier molecular flexibility index (Phi) is 3.91. The first-order valence-electron chi connectivity index (χ1n) is 6.41. The van der Waals surface area contributed by atoms with Crippen LogP contribution in [0.5, 0.6) is 0 Å². The molecule has 1 saturated heterocycles. The molecule has 4 amide bonds.